The molecule has 0 spiro atoms. The lowest BCUT2D eigenvalue weighted by Crippen LogP contribution is -2.15. The number of nitrogens with one attached hydrogen (secondary N) is 1. The summed E-state index contributed by atoms with van der Waals surface area (Å²) in [5, 5.41) is 7.65. The number of methoxy groups -OCH3 is 2. The van der Waals surface area contributed by atoms with Crippen LogP contribution in [0.2, 0.25) is 0 Å². The van der Waals surface area contributed by atoms with E-state index in [1.165, 1.54) is 17.5 Å². The average molecular weight is 279 g/mol. The smallest absolute Gasteiger partial charge is 0.224 e. The quantitative estimate of drug-likeness (QED) is 0.878. The number of nitrogens with zero attached hydrogens (tertiary/aromatic N) is 2. The maximum absolute atomic E-state index is 5.23. The van der Waals surface area contributed by atoms with Gasteiger partial charge in [-0.25, -0.2) is 9.97 Å². The minimum Gasteiger partial charge on any atom is -0.481 e. The van der Waals surface area contributed by atoms with Crippen molar-refractivity contribution in [1.29, 1.82) is 0 Å². The third-order valence-corrected chi connectivity index (χ3v) is 3.74. The second kappa shape index (κ2) is 6.49. The second-order valence-corrected chi connectivity index (χ2v) is 4.80. The van der Waals surface area contributed by atoms with Crippen LogP contribution in [0.25, 0.3) is 0 Å². The summed E-state index contributed by atoms with van der Waals surface area (Å²) in [5.74, 6) is 1.09. The maximum Gasteiger partial charge on any atom is 0.224 e. The highest BCUT2D eigenvalue weighted by atomic mass is 32.1. The van der Waals surface area contributed by atoms with Gasteiger partial charge in [0.05, 0.1) is 19.8 Å². The molecule has 2 rings (SSSR count). The lowest BCUT2D eigenvalue weighted by atomic mass is 10.2. The molecule has 2 heterocycles. The van der Waals surface area contributed by atoms with Gasteiger partial charge in [-0.05, 0) is 28.8 Å². The minimum absolute atomic E-state index is 0.543. The number of aromatic nitrogens is 2. The van der Waals surface area contributed by atoms with Crippen LogP contribution in [0, 0.1) is 6.92 Å². The van der Waals surface area contributed by atoms with Crippen LogP contribution in [-0.4, -0.2) is 24.2 Å². The SMILES string of the molecule is COc1ncnc(OC)c1CNCc1cscc1C. The van der Waals surface area contributed by atoms with Gasteiger partial charge in [-0.3, -0.25) is 0 Å². The fraction of sp³-hybridized carbons (Fsp3) is 0.385. The van der Waals surface area contributed by atoms with Crippen LogP contribution in [0.3, 0.4) is 0 Å². The molecule has 0 aliphatic rings. The topological polar surface area (TPSA) is 56.3 Å². The third-order valence-electron chi connectivity index (χ3n) is 2.83. The lowest BCUT2D eigenvalue weighted by Gasteiger charge is -2.11. The Bertz CT molecular complexity index is 520. The van der Waals surface area contributed by atoms with Crippen molar-refractivity contribution < 1.29 is 9.47 Å². The van der Waals surface area contributed by atoms with Crippen LogP contribution in [0.4, 0.5) is 0 Å². The Morgan fingerprint density at radius 2 is 1.79 bits per heavy atom. The fourth-order valence-corrected chi connectivity index (χ4v) is 2.63. The number of hydrogen-bond donors (Lipinski definition) is 1. The number of rotatable bonds is 6. The van der Waals surface area contributed by atoms with E-state index in [-0.39, 0.29) is 0 Å². The van der Waals surface area contributed by atoms with Gasteiger partial charge >= 0.3 is 0 Å². The van der Waals surface area contributed by atoms with Crippen molar-refractivity contribution in [2.45, 2.75) is 20.0 Å². The lowest BCUT2D eigenvalue weighted by molar-refractivity contribution is 0.359. The Hall–Kier alpha value is -1.66. The molecule has 0 unspecified atom stereocenters. The first-order valence-electron chi connectivity index (χ1n) is 5.90. The second-order valence-electron chi connectivity index (χ2n) is 4.05. The minimum atomic E-state index is 0.543. The van der Waals surface area contributed by atoms with Crippen molar-refractivity contribution in [3.05, 3.63) is 33.8 Å². The molecule has 19 heavy (non-hydrogen) atoms. The Balaban J connectivity index is 2.04. The Morgan fingerprint density at radius 3 is 2.32 bits per heavy atom. The van der Waals surface area contributed by atoms with Crippen molar-refractivity contribution >= 4 is 11.3 Å². The first-order valence-corrected chi connectivity index (χ1v) is 6.84. The summed E-state index contributed by atoms with van der Waals surface area (Å²) in [6.07, 6.45) is 1.43. The molecule has 0 bridgehead atoms. The van der Waals surface area contributed by atoms with E-state index in [2.05, 4.69) is 33.0 Å². The van der Waals surface area contributed by atoms with Crippen molar-refractivity contribution in [1.82, 2.24) is 15.3 Å². The standard InChI is InChI=1S/C13H17N3O2S/c1-9-6-19-7-10(9)4-14-5-11-12(17-2)15-8-16-13(11)18-3/h6-8,14H,4-5H2,1-3H3. The maximum atomic E-state index is 5.23. The first-order chi connectivity index (χ1) is 9.26. The van der Waals surface area contributed by atoms with E-state index >= 15 is 0 Å². The molecule has 0 atom stereocenters. The van der Waals surface area contributed by atoms with Gasteiger partial charge in [0.2, 0.25) is 11.8 Å². The Labute approximate surface area is 116 Å². The number of hydrogen-bond acceptors (Lipinski definition) is 6. The highest BCUT2D eigenvalue weighted by Crippen LogP contribution is 2.23. The fourth-order valence-electron chi connectivity index (χ4n) is 1.77. The predicted molar refractivity (Wildman–Crippen MR) is 74.7 cm³/mol. The molecule has 0 aliphatic heterocycles. The molecule has 6 heteroatoms. The molecule has 2 aromatic rings. The summed E-state index contributed by atoms with van der Waals surface area (Å²) >= 11 is 1.71. The van der Waals surface area contributed by atoms with Crippen LogP contribution in [0.5, 0.6) is 11.8 Å². The molecular weight excluding hydrogens is 262 g/mol. The number of aryl methyl sites for hydroxylation is 1. The monoisotopic (exact) mass is 279 g/mol. The molecule has 0 aromatic carbocycles. The highest BCUT2D eigenvalue weighted by Gasteiger charge is 2.12. The van der Waals surface area contributed by atoms with E-state index in [9.17, 15) is 0 Å². The first kappa shape index (κ1) is 13.8. The number of ether oxygens (including phenoxy) is 2. The van der Waals surface area contributed by atoms with E-state index in [0.717, 1.165) is 12.1 Å². The van der Waals surface area contributed by atoms with Gasteiger partial charge in [0.25, 0.3) is 0 Å². The normalized spacial score (nSPS) is 10.5. The van der Waals surface area contributed by atoms with E-state index < -0.39 is 0 Å². The molecule has 1 N–H and O–H groups in total. The Kier molecular flexibility index (Phi) is 4.70. The molecule has 0 radical (unpaired) electrons. The molecule has 0 amide bonds. The highest BCUT2D eigenvalue weighted by molar-refractivity contribution is 7.08. The van der Waals surface area contributed by atoms with Crippen molar-refractivity contribution in [3.8, 4) is 11.8 Å². The summed E-state index contributed by atoms with van der Waals surface area (Å²) in [5.41, 5.74) is 3.45. The van der Waals surface area contributed by atoms with Gasteiger partial charge in [-0.2, -0.15) is 11.3 Å². The summed E-state index contributed by atoms with van der Waals surface area (Å²) in [7, 11) is 3.18. The predicted octanol–water partition coefficient (Wildman–Crippen LogP) is 2.15. The molecule has 0 saturated carbocycles. The zero-order valence-electron chi connectivity index (χ0n) is 11.3. The van der Waals surface area contributed by atoms with Crippen molar-refractivity contribution in [3.63, 3.8) is 0 Å². The third kappa shape index (κ3) is 3.21. The molecule has 0 aliphatic carbocycles. The number of thiophene rings is 1. The summed E-state index contributed by atoms with van der Waals surface area (Å²) < 4.78 is 10.5. The Morgan fingerprint density at radius 1 is 1.11 bits per heavy atom. The van der Waals surface area contributed by atoms with Gasteiger partial charge in [-0.15, -0.1) is 0 Å². The van der Waals surface area contributed by atoms with E-state index in [0.29, 0.717) is 18.3 Å². The van der Waals surface area contributed by atoms with Gasteiger partial charge < -0.3 is 14.8 Å². The van der Waals surface area contributed by atoms with Crippen LogP contribution in [0.15, 0.2) is 17.1 Å². The van der Waals surface area contributed by atoms with Crippen LogP contribution >= 0.6 is 11.3 Å². The van der Waals surface area contributed by atoms with E-state index in [4.69, 9.17) is 9.47 Å². The van der Waals surface area contributed by atoms with Crippen LogP contribution in [-0.2, 0) is 13.1 Å². The molecule has 2 aromatic heterocycles. The molecule has 0 saturated heterocycles. The molecule has 5 nitrogen and oxygen atoms in total. The molecule has 102 valence electrons. The van der Waals surface area contributed by atoms with Crippen molar-refractivity contribution in [2.75, 3.05) is 14.2 Å². The van der Waals surface area contributed by atoms with Crippen LogP contribution in [0.1, 0.15) is 16.7 Å². The van der Waals surface area contributed by atoms with Gasteiger partial charge in [0, 0.05) is 13.1 Å². The van der Waals surface area contributed by atoms with Gasteiger partial charge in [0.15, 0.2) is 0 Å². The zero-order chi connectivity index (χ0) is 13.7. The summed E-state index contributed by atoms with van der Waals surface area (Å²) in [6, 6.07) is 0. The largest absolute Gasteiger partial charge is 0.481 e. The molecular formula is C13H17N3O2S. The zero-order valence-corrected chi connectivity index (χ0v) is 12.1. The van der Waals surface area contributed by atoms with Gasteiger partial charge in [-0.1, -0.05) is 0 Å². The van der Waals surface area contributed by atoms with E-state index in [1.54, 1.807) is 25.6 Å². The van der Waals surface area contributed by atoms with Gasteiger partial charge in [0.1, 0.15) is 6.33 Å². The van der Waals surface area contributed by atoms with Crippen molar-refractivity contribution in [2.24, 2.45) is 0 Å². The summed E-state index contributed by atoms with van der Waals surface area (Å²) in [4.78, 5) is 8.18. The summed E-state index contributed by atoms with van der Waals surface area (Å²) in [6.45, 7) is 3.51. The van der Waals surface area contributed by atoms with Crippen LogP contribution < -0.4 is 14.8 Å². The van der Waals surface area contributed by atoms with E-state index in [1.807, 2.05) is 0 Å². The average Bonchev–Trinajstić information content (AvgIpc) is 2.84. The molecule has 0 fully saturated rings.